The predicted molar refractivity (Wildman–Crippen MR) is 61.5 cm³/mol. The molecule has 1 unspecified atom stereocenters. The summed E-state index contributed by atoms with van der Waals surface area (Å²) in [7, 11) is 4.18. The van der Waals surface area contributed by atoms with Crippen molar-refractivity contribution in [2.75, 3.05) is 40.3 Å². The fourth-order valence-corrected chi connectivity index (χ4v) is 1.32. The lowest BCUT2D eigenvalue weighted by atomic mass is 9.97. The van der Waals surface area contributed by atoms with Gasteiger partial charge >= 0.3 is 0 Å². The van der Waals surface area contributed by atoms with Gasteiger partial charge in [-0.1, -0.05) is 13.8 Å². The molecule has 0 heterocycles. The highest BCUT2D eigenvalue weighted by Gasteiger charge is 2.10. The standard InChI is InChI=1S/C11H26N2O/c1-10(2)11(9-14)8-12-6-5-7-13(3)4/h10-12,14H,5-9H2,1-4H3. The molecule has 0 aliphatic rings. The largest absolute Gasteiger partial charge is 0.396 e. The van der Waals surface area contributed by atoms with E-state index in [9.17, 15) is 0 Å². The van der Waals surface area contributed by atoms with E-state index in [-0.39, 0.29) is 0 Å². The fourth-order valence-electron chi connectivity index (χ4n) is 1.32. The summed E-state index contributed by atoms with van der Waals surface area (Å²) in [4.78, 5) is 2.19. The molecular weight excluding hydrogens is 176 g/mol. The van der Waals surface area contributed by atoms with Crippen LogP contribution in [-0.2, 0) is 0 Å². The second-order valence-corrected chi connectivity index (χ2v) is 4.55. The Hall–Kier alpha value is -0.120. The van der Waals surface area contributed by atoms with E-state index in [0.717, 1.165) is 19.6 Å². The average Bonchev–Trinajstić information content (AvgIpc) is 2.10. The molecule has 0 aromatic heterocycles. The SMILES string of the molecule is CC(C)C(CO)CNCCCN(C)C. The Kier molecular flexibility index (Phi) is 8.14. The van der Waals surface area contributed by atoms with Crippen molar-refractivity contribution in [2.45, 2.75) is 20.3 Å². The van der Waals surface area contributed by atoms with E-state index < -0.39 is 0 Å². The number of rotatable bonds is 8. The summed E-state index contributed by atoms with van der Waals surface area (Å²) in [6.07, 6.45) is 1.17. The summed E-state index contributed by atoms with van der Waals surface area (Å²) in [5, 5.41) is 12.5. The van der Waals surface area contributed by atoms with Crippen molar-refractivity contribution >= 4 is 0 Å². The van der Waals surface area contributed by atoms with E-state index in [1.54, 1.807) is 0 Å². The second-order valence-electron chi connectivity index (χ2n) is 4.55. The summed E-state index contributed by atoms with van der Waals surface area (Å²) < 4.78 is 0. The van der Waals surface area contributed by atoms with Gasteiger partial charge in [0.25, 0.3) is 0 Å². The Balaban J connectivity index is 3.33. The van der Waals surface area contributed by atoms with Crippen LogP contribution in [0.1, 0.15) is 20.3 Å². The molecule has 0 fully saturated rings. The van der Waals surface area contributed by atoms with Crippen molar-refractivity contribution in [1.82, 2.24) is 10.2 Å². The highest BCUT2D eigenvalue weighted by molar-refractivity contribution is 4.64. The molecule has 86 valence electrons. The summed E-state index contributed by atoms with van der Waals surface area (Å²) in [6.45, 7) is 7.70. The Morgan fingerprint density at radius 1 is 1.29 bits per heavy atom. The van der Waals surface area contributed by atoms with Crippen molar-refractivity contribution in [3.05, 3.63) is 0 Å². The third-order valence-electron chi connectivity index (χ3n) is 2.54. The average molecular weight is 202 g/mol. The van der Waals surface area contributed by atoms with Crippen LogP contribution in [0.2, 0.25) is 0 Å². The minimum atomic E-state index is 0.290. The van der Waals surface area contributed by atoms with Crippen LogP contribution in [0.4, 0.5) is 0 Å². The van der Waals surface area contributed by atoms with Gasteiger partial charge in [-0.3, -0.25) is 0 Å². The van der Waals surface area contributed by atoms with Crippen LogP contribution < -0.4 is 5.32 Å². The van der Waals surface area contributed by atoms with Gasteiger partial charge in [-0.15, -0.1) is 0 Å². The lowest BCUT2D eigenvalue weighted by Gasteiger charge is -2.19. The first-order chi connectivity index (χ1) is 6.57. The molecule has 3 nitrogen and oxygen atoms in total. The Labute approximate surface area is 88.5 Å². The first kappa shape index (κ1) is 13.9. The molecule has 3 heteroatoms. The molecule has 0 saturated heterocycles. The van der Waals surface area contributed by atoms with Crippen LogP contribution in [-0.4, -0.2) is 50.3 Å². The van der Waals surface area contributed by atoms with Gasteiger partial charge in [0.1, 0.15) is 0 Å². The van der Waals surface area contributed by atoms with E-state index >= 15 is 0 Å². The number of hydrogen-bond donors (Lipinski definition) is 2. The van der Waals surface area contributed by atoms with E-state index in [4.69, 9.17) is 5.11 Å². The van der Waals surface area contributed by atoms with Gasteiger partial charge in [0, 0.05) is 13.2 Å². The number of hydrogen-bond acceptors (Lipinski definition) is 3. The predicted octanol–water partition coefficient (Wildman–Crippen LogP) is 0.792. The van der Waals surface area contributed by atoms with Crippen molar-refractivity contribution in [3.8, 4) is 0 Å². The smallest absolute Gasteiger partial charge is 0.0473 e. The minimum absolute atomic E-state index is 0.290. The Bertz CT molecular complexity index is 126. The maximum atomic E-state index is 9.09. The number of nitrogens with zero attached hydrogens (tertiary/aromatic N) is 1. The van der Waals surface area contributed by atoms with Crippen molar-refractivity contribution < 1.29 is 5.11 Å². The van der Waals surface area contributed by atoms with Crippen LogP contribution in [0.25, 0.3) is 0 Å². The molecule has 2 N–H and O–H groups in total. The van der Waals surface area contributed by atoms with Gasteiger partial charge < -0.3 is 15.3 Å². The van der Waals surface area contributed by atoms with E-state index in [1.807, 2.05) is 0 Å². The molecule has 0 amide bonds. The Morgan fingerprint density at radius 2 is 1.93 bits per heavy atom. The topological polar surface area (TPSA) is 35.5 Å². The number of aliphatic hydroxyl groups is 1. The second kappa shape index (κ2) is 8.21. The van der Waals surface area contributed by atoms with Crippen LogP contribution in [0.3, 0.4) is 0 Å². The zero-order valence-corrected chi connectivity index (χ0v) is 10.1. The first-order valence-corrected chi connectivity index (χ1v) is 5.54. The zero-order valence-electron chi connectivity index (χ0n) is 10.1. The third-order valence-corrected chi connectivity index (χ3v) is 2.54. The van der Waals surface area contributed by atoms with Gasteiger partial charge in [-0.2, -0.15) is 0 Å². The molecule has 0 aliphatic heterocycles. The molecular formula is C11H26N2O. The molecule has 0 rings (SSSR count). The zero-order chi connectivity index (χ0) is 11.0. The molecule has 1 atom stereocenters. The summed E-state index contributed by atoms with van der Waals surface area (Å²) >= 11 is 0. The maximum absolute atomic E-state index is 9.09. The quantitative estimate of drug-likeness (QED) is 0.571. The molecule has 0 spiro atoms. The van der Waals surface area contributed by atoms with Crippen LogP contribution >= 0.6 is 0 Å². The van der Waals surface area contributed by atoms with E-state index in [1.165, 1.54) is 6.42 Å². The first-order valence-electron chi connectivity index (χ1n) is 5.54. The summed E-state index contributed by atoms with van der Waals surface area (Å²) in [5.74, 6) is 0.954. The lowest BCUT2D eigenvalue weighted by Crippen LogP contribution is -2.30. The molecule has 0 bridgehead atoms. The number of aliphatic hydroxyl groups excluding tert-OH is 1. The van der Waals surface area contributed by atoms with E-state index in [2.05, 4.69) is 38.2 Å². The third kappa shape index (κ3) is 7.30. The highest BCUT2D eigenvalue weighted by Crippen LogP contribution is 2.07. The van der Waals surface area contributed by atoms with Crippen molar-refractivity contribution in [1.29, 1.82) is 0 Å². The summed E-state index contributed by atoms with van der Waals surface area (Å²) in [5.41, 5.74) is 0. The summed E-state index contributed by atoms with van der Waals surface area (Å²) in [6, 6.07) is 0. The molecule has 14 heavy (non-hydrogen) atoms. The lowest BCUT2D eigenvalue weighted by molar-refractivity contribution is 0.186. The normalized spacial score (nSPS) is 13.9. The fraction of sp³-hybridized carbons (Fsp3) is 1.00. The van der Waals surface area contributed by atoms with Gasteiger partial charge in [-0.05, 0) is 45.4 Å². The molecule has 0 aromatic rings. The highest BCUT2D eigenvalue weighted by atomic mass is 16.3. The van der Waals surface area contributed by atoms with Crippen molar-refractivity contribution in [3.63, 3.8) is 0 Å². The maximum Gasteiger partial charge on any atom is 0.0473 e. The van der Waals surface area contributed by atoms with Crippen molar-refractivity contribution in [2.24, 2.45) is 11.8 Å². The van der Waals surface area contributed by atoms with Crippen LogP contribution in [0.15, 0.2) is 0 Å². The molecule has 0 aliphatic carbocycles. The molecule has 0 radical (unpaired) electrons. The molecule has 0 aromatic carbocycles. The van der Waals surface area contributed by atoms with Crippen LogP contribution in [0.5, 0.6) is 0 Å². The van der Waals surface area contributed by atoms with Gasteiger partial charge in [0.2, 0.25) is 0 Å². The van der Waals surface area contributed by atoms with E-state index in [0.29, 0.717) is 18.4 Å². The Morgan fingerprint density at radius 3 is 2.36 bits per heavy atom. The monoisotopic (exact) mass is 202 g/mol. The van der Waals surface area contributed by atoms with Gasteiger partial charge in [-0.25, -0.2) is 0 Å². The van der Waals surface area contributed by atoms with Gasteiger partial charge in [0.05, 0.1) is 0 Å². The van der Waals surface area contributed by atoms with Crippen LogP contribution in [0, 0.1) is 11.8 Å². The van der Waals surface area contributed by atoms with Gasteiger partial charge in [0.15, 0.2) is 0 Å². The molecule has 0 saturated carbocycles. The minimum Gasteiger partial charge on any atom is -0.396 e. The number of nitrogens with one attached hydrogen (secondary N) is 1.